The lowest BCUT2D eigenvalue weighted by Gasteiger charge is -2.18. The Morgan fingerprint density at radius 2 is 1.90 bits per heavy atom. The highest BCUT2D eigenvalue weighted by molar-refractivity contribution is 6.06. The lowest BCUT2D eigenvalue weighted by atomic mass is 10.1. The second-order valence-electron chi connectivity index (χ2n) is 4.60. The molecule has 0 saturated heterocycles. The number of rotatable bonds is 2. The van der Waals surface area contributed by atoms with Gasteiger partial charge in [0.1, 0.15) is 5.56 Å². The molecule has 0 spiro atoms. The van der Waals surface area contributed by atoms with E-state index in [0.717, 1.165) is 17.0 Å². The molecule has 1 amide bonds. The average Bonchev–Trinajstić information content (AvgIpc) is 2.45. The Bertz CT molecular complexity index is 771. The van der Waals surface area contributed by atoms with Gasteiger partial charge in [-0.05, 0) is 31.5 Å². The van der Waals surface area contributed by atoms with Gasteiger partial charge in [-0.2, -0.15) is 5.10 Å². The third-order valence-corrected chi connectivity index (χ3v) is 3.28. The van der Waals surface area contributed by atoms with Crippen LogP contribution in [0.2, 0.25) is 0 Å². The van der Waals surface area contributed by atoms with Gasteiger partial charge in [0.2, 0.25) is 0 Å². The molecule has 2 aromatic rings. The molecule has 0 fully saturated rings. The fourth-order valence-electron chi connectivity index (χ4n) is 1.86. The molecule has 0 aliphatic heterocycles. The SMILES string of the molecule is Cc1n[nH]c(=O)c(C(=O)N(C)c2ccc(F)c(F)c2)c1C. The first-order valence-corrected chi connectivity index (χ1v) is 6.12. The lowest BCUT2D eigenvalue weighted by molar-refractivity contribution is 0.0990. The van der Waals surface area contributed by atoms with Crippen LogP contribution in [0, 0.1) is 25.5 Å². The monoisotopic (exact) mass is 293 g/mol. The van der Waals surface area contributed by atoms with Crippen molar-refractivity contribution in [2.75, 3.05) is 11.9 Å². The lowest BCUT2D eigenvalue weighted by Crippen LogP contribution is -2.33. The van der Waals surface area contributed by atoms with Crippen molar-refractivity contribution in [3.05, 3.63) is 57.0 Å². The number of halogens is 2. The second kappa shape index (κ2) is 5.43. The fraction of sp³-hybridized carbons (Fsp3) is 0.214. The van der Waals surface area contributed by atoms with Crippen molar-refractivity contribution in [2.24, 2.45) is 0 Å². The summed E-state index contributed by atoms with van der Waals surface area (Å²) in [6.07, 6.45) is 0. The van der Waals surface area contributed by atoms with Gasteiger partial charge in [-0.3, -0.25) is 9.59 Å². The maximum atomic E-state index is 13.2. The van der Waals surface area contributed by atoms with Crippen molar-refractivity contribution < 1.29 is 13.6 Å². The van der Waals surface area contributed by atoms with Crippen molar-refractivity contribution in [1.29, 1.82) is 0 Å². The smallest absolute Gasteiger partial charge is 0.277 e. The van der Waals surface area contributed by atoms with Crippen LogP contribution in [0.5, 0.6) is 0 Å². The van der Waals surface area contributed by atoms with Crippen LogP contribution in [0.4, 0.5) is 14.5 Å². The Kier molecular flexibility index (Phi) is 3.84. The average molecular weight is 293 g/mol. The number of aromatic nitrogens is 2. The number of H-pyrrole nitrogens is 1. The third-order valence-electron chi connectivity index (χ3n) is 3.28. The zero-order valence-electron chi connectivity index (χ0n) is 11.7. The number of benzene rings is 1. The molecule has 7 heteroatoms. The number of anilines is 1. The van der Waals surface area contributed by atoms with Gasteiger partial charge in [0, 0.05) is 18.8 Å². The summed E-state index contributed by atoms with van der Waals surface area (Å²) in [5, 5.41) is 5.99. The van der Waals surface area contributed by atoms with Crippen LogP contribution in [0.25, 0.3) is 0 Å². The quantitative estimate of drug-likeness (QED) is 0.920. The summed E-state index contributed by atoms with van der Waals surface area (Å²) in [5.74, 6) is -2.69. The van der Waals surface area contributed by atoms with Crippen LogP contribution in [-0.2, 0) is 0 Å². The molecule has 5 nitrogen and oxygen atoms in total. The van der Waals surface area contributed by atoms with Gasteiger partial charge in [0.15, 0.2) is 11.6 Å². The van der Waals surface area contributed by atoms with Crippen LogP contribution in [0.1, 0.15) is 21.6 Å². The van der Waals surface area contributed by atoms with Crippen LogP contribution >= 0.6 is 0 Å². The van der Waals surface area contributed by atoms with Crippen molar-refractivity contribution in [1.82, 2.24) is 10.2 Å². The molecule has 0 aliphatic carbocycles. The Hall–Kier alpha value is -2.57. The number of aromatic amines is 1. The fourth-order valence-corrected chi connectivity index (χ4v) is 1.86. The minimum absolute atomic E-state index is 0.0743. The van der Waals surface area contributed by atoms with Crippen LogP contribution in [0.3, 0.4) is 0 Å². The minimum atomic E-state index is -1.07. The van der Waals surface area contributed by atoms with Gasteiger partial charge in [0.05, 0.1) is 5.69 Å². The van der Waals surface area contributed by atoms with Crippen molar-refractivity contribution in [3.63, 3.8) is 0 Å². The first-order chi connectivity index (χ1) is 9.82. The highest BCUT2D eigenvalue weighted by Gasteiger charge is 2.21. The number of nitrogens with zero attached hydrogens (tertiary/aromatic N) is 2. The number of amides is 1. The molecule has 21 heavy (non-hydrogen) atoms. The molecule has 0 aliphatic rings. The highest BCUT2D eigenvalue weighted by atomic mass is 19.2. The summed E-state index contributed by atoms with van der Waals surface area (Å²) in [6.45, 7) is 3.25. The van der Waals surface area contributed by atoms with Gasteiger partial charge in [-0.1, -0.05) is 0 Å². The molecule has 1 aromatic carbocycles. The van der Waals surface area contributed by atoms with E-state index < -0.39 is 23.1 Å². The van der Waals surface area contributed by atoms with Crippen molar-refractivity contribution in [2.45, 2.75) is 13.8 Å². The molecule has 110 valence electrons. The number of carbonyl (C=O) groups excluding carboxylic acids is 1. The summed E-state index contributed by atoms with van der Waals surface area (Å²) >= 11 is 0. The maximum absolute atomic E-state index is 13.2. The summed E-state index contributed by atoms with van der Waals surface area (Å²) in [7, 11) is 1.38. The van der Waals surface area contributed by atoms with Crippen molar-refractivity contribution >= 4 is 11.6 Å². The molecule has 1 heterocycles. The summed E-state index contributed by atoms with van der Waals surface area (Å²) in [6, 6.07) is 3.07. The van der Waals surface area contributed by atoms with Crippen LogP contribution < -0.4 is 10.5 Å². The topological polar surface area (TPSA) is 66.1 Å². The van der Waals surface area contributed by atoms with Crippen LogP contribution in [-0.4, -0.2) is 23.2 Å². The van der Waals surface area contributed by atoms with Gasteiger partial charge in [-0.15, -0.1) is 0 Å². The molecule has 1 aromatic heterocycles. The first-order valence-electron chi connectivity index (χ1n) is 6.12. The normalized spacial score (nSPS) is 10.5. The zero-order valence-corrected chi connectivity index (χ0v) is 11.7. The predicted octanol–water partition coefficient (Wildman–Crippen LogP) is 1.94. The molecular formula is C14H13F2N3O2. The summed E-state index contributed by atoms with van der Waals surface area (Å²) in [4.78, 5) is 25.3. The van der Waals surface area contributed by atoms with Gasteiger partial charge in [0.25, 0.3) is 11.5 Å². The van der Waals surface area contributed by atoms with E-state index >= 15 is 0 Å². The van der Waals surface area contributed by atoms with E-state index in [4.69, 9.17) is 0 Å². The number of aryl methyl sites for hydroxylation is 1. The molecule has 0 unspecified atom stereocenters. The molecule has 0 saturated carbocycles. The highest BCUT2D eigenvalue weighted by Crippen LogP contribution is 2.19. The predicted molar refractivity (Wildman–Crippen MR) is 73.4 cm³/mol. The zero-order chi connectivity index (χ0) is 15.7. The van der Waals surface area contributed by atoms with Crippen LogP contribution in [0.15, 0.2) is 23.0 Å². The molecular weight excluding hydrogens is 280 g/mol. The van der Waals surface area contributed by atoms with E-state index in [1.165, 1.54) is 13.1 Å². The Morgan fingerprint density at radius 3 is 2.52 bits per heavy atom. The van der Waals surface area contributed by atoms with Gasteiger partial charge in [-0.25, -0.2) is 13.9 Å². The standard InChI is InChI=1S/C14H13F2N3O2/c1-7-8(2)17-18-13(20)12(7)14(21)19(3)9-4-5-10(15)11(16)6-9/h4-6H,1-3H3,(H,18,20). The first kappa shape index (κ1) is 14.8. The Morgan fingerprint density at radius 1 is 1.24 bits per heavy atom. The number of carbonyl (C=O) groups is 1. The molecule has 1 N–H and O–H groups in total. The summed E-state index contributed by atoms with van der Waals surface area (Å²) in [5.41, 5.74) is 0.397. The molecule has 0 radical (unpaired) electrons. The van der Waals surface area contributed by atoms with Gasteiger partial charge >= 0.3 is 0 Å². The second-order valence-corrected chi connectivity index (χ2v) is 4.60. The Balaban J connectivity index is 2.47. The van der Waals surface area contributed by atoms with Crippen molar-refractivity contribution in [3.8, 4) is 0 Å². The summed E-state index contributed by atoms with van der Waals surface area (Å²) < 4.78 is 26.2. The van der Waals surface area contributed by atoms with Gasteiger partial charge < -0.3 is 4.90 Å². The van der Waals surface area contributed by atoms with E-state index in [2.05, 4.69) is 10.2 Å². The molecule has 2 rings (SSSR count). The van der Waals surface area contributed by atoms with E-state index in [1.54, 1.807) is 13.8 Å². The van der Waals surface area contributed by atoms with E-state index in [9.17, 15) is 18.4 Å². The Labute approximate surface area is 119 Å². The van der Waals surface area contributed by atoms with E-state index in [-0.39, 0.29) is 11.3 Å². The minimum Gasteiger partial charge on any atom is -0.311 e. The molecule has 0 atom stereocenters. The maximum Gasteiger partial charge on any atom is 0.277 e. The number of nitrogens with one attached hydrogen (secondary N) is 1. The number of hydrogen-bond acceptors (Lipinski definition) is 3. The van der Waals surface area contributed by atoms with E-state index in [0.29, 0.717) is 11.3 Å². The number of hydrogen-bond donors (Lipinski definition) is 1. The van der Waals surface area contributed by atoms with E-state index in [1.807, 2.05) is 0 Å². The third kappa shape index (κ3) is 2.67. The largest absolute Gasteiger partial charge is 0.311 e. The molecule has 0 bridgehead atoms.